The summed E-state index contributed by atoms with van der Waals surface area (Å²) in [6.07, 6.45) is 0. The van der Waals surface area contributed by atoms with E-state index < -0.39 is 0 Å². The van der Waals surface area contributed by atoms with Gasteiger partial charge in [0, 0.05) is 5.69 Å². The SMILES string of the molecule is Cc1cccc(NC(=S)NC(C)c2ccc(C)c(C)c2)c1. The molecule has 3 heteroatoms. The van der Waals surface area contributed by atoms with Crippen LogP contribution in [-0.4, -0.2) is 5.11 Å². The number of nitrogens with one attached hydrogen (secondary N) is 2. The third kappa shape index (κ3) is 4.30. The lowest BCUT2D eigenvalue weighted by Crippen LogP contribution is -2.30. The first-order chi connectivity index (χ1) is 9.95. The van der Waals surface area contributed by atoms with Crippen LogP contribution in [0.3, 0.4) is 0 Å². The predicted octanol–water partition coefficient (Wildman–Crippen LogP) is 4.66. The largest absolute Gasteiger partial charge is 0.356 e. The average Bonchev–Trinajstić information content (AvgIpc) is 2.41. The molecule has 0 spiro atoms. The van der Waals surface area contributed by atoms with Crippen molar-refractivity contribution in [1.29, 1.82) is 0 Å². The van der Waals surface area contributed by atoms with Gasteiger partial charge in [-0.1, -0.05) is 30.3 Å². The normalized spacial score (nSPS) is 11.8. The molecular formula is C18H22N2S. The second-order valence-corrected chi connectivity index (χ2v) is 5.94. The van der Waals surface area contributed by atoms with Crippen molar-refractivity contribution in [2.75, 3.05) is 5.32 Å². The first kappa shape index (κ1) is 15.5. The van der Waals surface area contributed by atoms with Gasteiger partial charge in [0.25, 0.3) is 0 Å². The molecule has 0 radical (unpaired) electrons. The van der Waals surface area contributed by atoms with Gasteiger partial charge in [0.15, 0.2) is 5.11 Å². The Morgan fingerprint density at radius 1 is 1.00 bits per heavy atom. The van der Waals surface area contributed by atoms with Crippen LogP contribution in [0.2, 0.25) is 0 Å². The Bertz CT molecular complexity index is 649. The molecule has 0 aliphatic rings. The molecule has 0 bridgehead atoms. The summed E-state index contributed by atoms with van der Waals surface area (Å²) in [7, 11) is 0. The minimum atomic E-state index is 0.175. The average molecular weight is 298 g/mol. The molecule has 0 saturated carbocycles. The first-order valence-corrected chi connectivity index (χ1v) is 7.58. The van der Waals surface area contributed by atoms with Crippen molar-refractivity contribution in [2.24, 2.45) is 0 Å². The van der Waals surface area contributed by atoms with Crippen molar-refractivity contribution in [1.82, 2.24) is 5.32 Å². The number of anilines is 1. The van der Waals surface area contributed by atoms with Crippen molar-refractivity contribution in [2.45, 2.75) is 33.7 Å². The molecule has 0 fully saturated rings. The monoisotopic (exact) mass is 298 g/mol. The molecule has 21 heavy (non-hydrogen) atoms. The van der Waals surface area contributed by atoms with Gasteiger partial charge in [-0.05, 0) is 74.3 Å². The van der Waals surface area contributed by atoms with Crippen LogP contribution in [0.5, 0.6) is 0 Å². The quantitative estimate of drug-likeness (QED) is 0.806. The minimum absolute atomic E-state index is 0.175. The highest BCUT2D eigenvalue weighted by Gasteiger charge is 2.08. The Balaban J connectivity index is 2.00. The topological polar surface area (TPSA) is 24.1 Å². The maximum atomic E-state index is 5.39. The number of aryl methyl sites for hydroxylation is 3. The Morgan fingerprint density at radius 2 is 1.76 bits per heavy atom. The van der Waals surface area contributed by atoms with Gasteiger partial charge >= 0.3 is 0 Å². The third-order valence-electron chi connectivity index (χ3n) is 3.65. The van der Waals surface area contributed by atoms with Gasteiger partial charge in [-0.15, -0.1) is 0 Å². The lowest BCUT2D eigenvalue weighted by Gasteiger charge is -2.18. The standard InChI is InChI=1S/C18H22N2S/c1-12-6-5-7-17(10-12)20-18(21)19-15(4)16-9-8-13(2)14(3)11-16/h5-11,15H,1-4H3,(H2,19,20,21). The van der Waals surface area contributed by atoms with E-state index in [9.17, 15) is 0 Å². The van der Waals surface area contributed by atoms with Crippen LogP contribution in [0.1, 0.15) is 35.2 Å². The van der Waals surface area contributed by atoms with Gasteiger partial charge in [0.2, 0.25) is 0 Å². The second-order valence-electron chi connectivity index (χ2n) is 5.53. The van der Waals surface area contributed by atoms with Crippen molar-refractivity contribution in [3.63, 3.8) is 0 Å². The molecule has 0 amide bonds. The molecule has 2 N–H and O–H groups in total. The molecular weight excluding hydrogens is 276 g/mol. The highest BCUT2D eigenvalue weighted by molar-refractivity contribution is 7.80. The summed E-state index contributed by atoms with van der Waals surface area (Å²) in [4.78, 5) is 0. The van der Waals surface area contributed by atoms with Crippen LogP contribution < -0.4 is 10.6 Å². The number of benzene rings is 2. The van der Waals surface area contributed by atoms with E-state index in [1.54, 1.807) is 0 Å². The molecule has 2 rings (SSSR count). The summed E-state index contributed by atoms with van der Waals surface area (Å²) in [5.41, 5.74) is 6.08. The molecule has 1 atom stereocenters. The number of thiocarbonyl (C=S) groups is 1. The minimum Gasteiger partial charge on any atom is -0.356 e. The molecule has 2 nitrogen and oxygen atoms in total. The Morgan fingerprint density at radius 3 is 2.43 bits per heavy atom. The van der Waals surface area contributed by atoms with E-state index in [1.807, 2.05) is 12.1 Å². The van der Waals surface area contributed by atoms with Crippen LogP contribution >= 0.6 is 12.2 Å². The van der Waals surface area contributed by atoms with Crippen molar-refractivity contribution >= 4 is 23.0 Å². The van der Waals surface area contributed by atoms with Crippen molar-refractivity contribution in [3.8, 4) is 0 Å². The van der Waals surface area contributed by atoms with Gasteiger partial charge in [-0.2, -0.15) is 0 Å². The lowest BCUT2D eigenvalue weighted by molar-refractivity contribution is 0.721. The molecule has 0 aromatic heterocycles. The molecule has 2 aromatic carbocycles. The summed E-state index contributed by atoms with van der Waals surface area (Å²) >= 11 is 5.39. The maximum absolute atomic E-state index is 5.39. The molecule has 0 saturated heterocycles. The predicted molar refractivity (Wildman–Crippen MR) is 94.9 cm³/mol. The van der Waals surface area contributed by atoms with Crippen molar-refractivity contribution < 1.29 is 0 Å². The molecule has 110 valence electrons. The van der Waals surface area contributed by atoms with E-state index in [-0.39, 0.29) is 6.04 Å². The smallest absolute Gasteiger partial charge is 0.171 e. The summed E-state index contributed by atoms with van der Waals surface area (Å²) < 4.78 is 0. The van der Waals surface area contributed by atoms with E-state index in [2.05, 4.69) is 68.7 Å². The molecule has 1 unspecified atom stereocenters. The fourth-order valence-electron chi connectivity index (χ4n) is 2.20. The number of hydrogen-bond acceptors (Lipinski definition) is 1. The highest BCUT2D eigenvalue weighted by Crippen LogP contribution is 2.17. The lowest BCUT2D eigenvalue weighted by atomic mass is 10.0. The van der Waals surface area contributed by atoms with E-state index in [0.29, 0.717) is 5.11 Å². The summed E-state index contributed by atoms with van der Waals surface area (Å²) in [6.45, 7) is 8.45. The van der Waals surface area contributed by atoms with Crippen molar-refractivity contribution in [3.05, 3.63) is 64.7 Å². The molecule has 0 heterocycles. The Hall–Kier alpha value is -1.87. The van der Waals surface area contributed by atoms with Crippen LogP contribution in [0, 0.1) is 20.8 Å². The van der Waals surface area contributed by atoms with E-state index in [1.165, 1.54) is 22.3 Å². The van der Waals surface area contributed by atoms with E-state index in [4.69, 9.17) is 12.2 Å². The van der Waals surface area contributed by atoms with Gasteiger partial charge in [0.1, 0.15) is 0 Å². The fraction of sp³-hybridized carbons (Fsp3) is 0.278. The molecule has 0 aliphatic heterocycles. The van der Waals surface area contributed by atoms with Gasteiger partial charge in [0.05, 0.1) is 6.04 Å². The first-order valence-electron chi connectivity index (χ1n) is 7.17. The Labute approximate surface area is 132 Å². The molecule has 0 aliphatic carbocycles. The Kier molecular flexibility index (Phi) is 4.97. The van der Waals surface area contributed by atoms with E-state index in [0.717, 1.165) is 5.69 Å². The third-order valence-corrected chi connectivity index (χ3v) is 3.87. The summed E-state index contributed by atoms with van der Waals surface area (Å²) in [5, 5.41) is 7.21. The fourth-order valence-corrected chi connectivity index (χ4v) is 2.50. The number of rotatable bonds is 3. The van der Waals surface area contributed by atoms with Gasteiger partial charge in [-0.25, -0.2) is 0 Å². The summed E-state index contributed by atoms with van der Waals surface area (Å²) in [5.74, 6) is 0. The zero-order chi connectivity index (χ0) is 15.4. The van der Waals surface area contributed by atoms with Crippen LogP contribution in [-0.2, 0) is 0 Å². The van der Waals surface area contributed by atoms with Gasteiger partial charge < -0.3 is 10.6 Å². The van der Waals surface area contributed by atoms with E-state index >= 15 is 0 Å². The maximum Gasteiger partial charge on any atom is 0.171 e. The summed E-state index contributed by atoms with van der Waals surface area (Å²) in [6, 6.07) is 14.9. The zero-order valence-electron chi connectivity index (χ0n) is 13.0. The second kappa shape index (κ2) is 6.72. The zero-order valence-corrected chi connectivity index (χ0v) is 13.8. The van der Waals surface area contributed by atoms with Crippen LogP contribution in [0.4, 0.5) is 5.69 Å². The van der Waals surface area contributed by atoms with Gasteiger partial charge in [-0.3, -0.25) is 0 Å². The molecule has 2 aromatic rings. The highest BCUT2D eigenvalue weighted by atomic mass is 32.1. The van der Waals surface area contributed by atoms with Crippen LogP contribution in [0.25, 0.3) is 0 Å². The number of hydrogen-bond donors (Lipinski definition) is 2. The van der Waals surface area contributed by atoms with Crippen LogP contribution in [0.15, 0.2) is 42.5 Å².